The van der Waals surface area contributed by atoms with E-state index in [-0.39, 0.29) is 12.1 Å². The molecule has 1 saturated heterocycles. The molecule has 2 aromatic heterocycles. The molecule has 28 heavy (non-hydrogen) atoms. The molecule has 7 nitrogen and oxygen atoms in total. The second-order valence-electron chi connectivity index (χ2n) is 6.99. The molecule has 1 fully saturated rings. The molecule has 3 N–H and O–H groups in total. The fourth-order valence-corrected chi connectivity index (χ4v) is 3.73. The van der Waals surface area contributed by atoms with E-state index in [1.165, 1.54) is 12.1 Å². The van der Waals surface area contributed by atoms with Crippen LogP contribution in [-0.2, 0) is 0 Å². The molecule has 0 saturated carbocycles. The van der Waals surface area contributed by atoms with Crippen LogP contribution >= 0.6 is 0 Å². The summed E-state index contributed by atoms with van der Waals surface area (Å²) in [5, 5.41) is 10.4. The summed E-state index contributed by atoms with van der Waals surface area (Å²) < 4.78 is 20.8. The number of rotatable bonds is 4. The number of piperidine rings is 1. The van der Waals surface area contributed by atoms with Crippen LogP contribution < -0.4 is 16.0 Å². The first-order valence-corrected chi connectivity index (χ1v) is 9.46. The molecule has 0 aliphatic carbocycles. The van der Waals surface area contributed by atoms with Crippen molar-refractivity contribution in [1.29, 1.82) is 0 Å². The number of nitrogens with zero attached hydrogens (tertiary/aromatic N) is 3. The summed E-state index contributed by atoms with van der Waals surface area (Å²) >= 11 is 0. The molecule has 4 heterocycles. The average molecular weight is 380 g/mol. The largest absolute Gasteiger partial charge is 0.432 e. The van der Waals surface area contributed by atoms with Crippen molar-refractivity contribution in [1.82, 2.24) is 25.3 Å². The number of hydrogen-bond donors (Lipinski definition) is 3. The van der Waals surface area contributed by atoms with Gasteiger partial charge in [0.15, 0.2) is 6.29 Å². The molecule has 1 atom stereocenters. The van der Waals surface area contributed by atoms with Crippen molar-refractivity contribution in [3.8, 4) is 11.3 Å². The first-order valence-electron chi connectivity index (χ1n) is 9.46. The predicted molar refractivity (Wildman–Crippen MR) is 105 cm³/mol. The topological polar surface area (TPSA) is 78.9 Å². The summed E-state index contributed by atoms with van der Waals surface area (Å²) in [6, 6.07) is 6.75. The zero-order valence-electron chi connectivity index (χ0n) is 15.2. The van der Waals surface area contributed by atoms with Crippen molar-refractivity contribution >= 4 is 17.8 Å². The van der Waals surface area contributed by atoms with E-state index in [4.69, 9.17) is 4.42 Å². The minimum absolute atomic E-state index is 0.207. The molecular formula is C20H21FN6O. The lowest BCUT2D eigenvalue weighted by Gasteiger charge is -2.29. The van der Waals surface area contributed by atoms with E-state index >= 15 is 0 Å². The third-order valence-electron chi connectivity index (χ3n) is 5.14. The van der Waals surface area contributed by atoms with Crippen molar-refractivity contribution in [2.24, 2.45) is 4.99 Å². The van der Waals surface area contributed by atoms with Crippen molar-refractivity contribution in [2.75, 3.05) is 13.1 Å². The maximum Gasteiger partial charge on any atom is 0.306 e. The summed E-state index contributed by atoms with van der Waals surface area (Å²) in [7, 11) is 0. The SMILES string of the molecule is Fc1ccc(-c2nc3occn3c2C2=CC=NC(NC3CCNCC3)N2)cc1. The zero-order valence-corrected chi connectivity index (χ0v) is 15.2. The van der Waals surface area contributed by atoms with Crippen molar-refractivity contribution in [3.05, 3.63) is 54.3 Å². The van der Waals surface area contributed by atoms with Gasteiger partial charge in [-0.1, -0.05) is 0 Å². The Morgan fingerprint density at radius 1 is 1.18 bits per heavy atom. The lowest BCUT2D eigenvalue weighted by Crippen LogP contribution is -2.50. The summed E-state index contributed by atoms with van der Waals surface area (Å²) in [5.74, 6) is 0.212. The van der Waals surface area contributed by atoms with Crippen LogP contribution in [0.4, 0.5) is 4.39 Å². The fourth-order valence-electron chi connectivity index (χ4n) is 3.73. The Morgan fingerprint density at radius 3 is 2.82 bits per heavy atom. The number of fused-ring (bicyclic) bond motifs is 1. The highest BCUT2D eigenvalue weighted by molar-refractivity contribution is 5.89. The van der Waals surface area contributed by atoms with E-state index in [1.54, 1.807) is 24.6 Å². The number of nitrogens with one attached hydrogen (secondary N) is 3. The van der Waals surface area contributed by atoms with Gasteiger partial charge in [-0.2, -0.15) is 4.98 Å². The van der Waals surface area contributed by atoms with Crippen LogP contribution in [0, 0.1) is 5.82 Å². The number of hydrogen-bond acceptors (Lipinski definition) is 6. The zero-order chi connectivity index (χ0) is 18.9. The molecule has 1 unspecified atom stereocenters. The standard InChI is InChI=1S/C20H21FN6O/c21-14-3-1-13(2-4-14)17-18(27-11-12-28-20(27)26-17)16-7-10-23-19(25-16)24-15-5-8-22-9-6-15/h1-4,7,10-12,15,19,22,24-25H,5-6,8-9H2. The Morgan fingerprint density at radius 2 is 2.00 bits per heavy atom. The van der Waals surface area contributed by atoms with Gasteiger partial charge in [0.1, 0.15) is 17.8 Å². The number of allylic oxidation sites excluding steroid dienone is 1. The predicted octanol–water partition coefficient (Wildman–Crippen LogP) is 2.37. The lowest BCUT2D eigenvalue weighted by molar-refractivity contribution is 0.339. The van der Waals surface area contributed by atoms with Gasteiger partial charge in [0.05, 0.1) is 11.4 Å². The summed E-state index contributed by atoms with van der Waals surface area (Å²) in [4.78, 5) is 9.13. The second-order valence-corrected chi connectivity index (χ2v) is 6.99. The number of aromatic nitrogens is 2. The summed E-state index contributed by atoms with van der Waals surface area (Å²) in [5.41, 5.74) is 3.30. The van der Waals surface area contributed by atoms with Gasteiger partial charge in [-0.05, 0) is 56.3 Å². The van der Waals surface area contributed by atoms with Gasteiger partial charge >= 0.3 is 5.84 Å². The van der Waals surface area contributed by atoms with E-state index in [9.17, 15) is 4.39 Å². The van der Waals surface area contributed by atoms with Crippen LogP contribution in [0.3, 0.4) is 0 Å². The smallest absolute Gasteiger partial charge is 0.306 e. The molecule has 5 rings (SSSR count). The molecule has 0 spiro atoms. The summed E-state index contributed by atoms with van der Waals surface area (Å²) in [6.07, 6.45) is 9.10. The van der Waals surface area contributed by atoms with E-state index in [2.05, 4.69) is 25.9 Å². The maximum atomic E-state index is 13.4. The molecule has 8 heteroatoms. The van der Waals surface area contributed by atoms with Crippen molar-refractivity contribution < 1.29 is 8.81 Å². The molecule has 3 aromatic rings. The maximum absolute atomic E-state index is 13.4. The Labute approximate surface area is 161 Å². The minimum atomic E-state index is -0.276. The van der Waals surface area contributed by atoms with Crippen LogP contribution in [0.25, 0.3) is 22.8 Å². The number of halogens is 1. The molecular weight excluding hydrogens is 359 g/mol. The highest BCUT2D eigenvalue weighted by Gasteiger charge is 2.24. The highest BCUT2D eigenvalue weighted by atomic mass is 19.1. The number of oxazole rings is 1. The van der Waals surface area contributed by atoms with E-state index < -0.39 is 0 Å². The first-order chi connectivity index (χ1) is 13.8. The van der Waals surface area contributed by atoms with Crippen molar-refractivity contribution in [2.45, 2.75) is 25.2 Å². The second kappa shape index (κ2) is 7.21. The van der Waals surface area contributed by atoms with E-state index in [0.717, 1.165) is 48.6 Å². The quantitative estimate of drug-likeness (QED) is 0.648. The Bertz CT molecular complexity index is 1030. The van der Waals surface area contributed by atoms with Crippen molar-refractivity contribution in [3.63, 3.8) is 0 Å². The van der Waals surface area contributed by atoms with Gasteiger partial charge in [0.25, 0.3) is 0 Å². The van der Waals surface area contributed by atoms with Gasteiger partial charge in [0.2, 0.25) is 0 Å². The van der Waals surface area contributed by atoms with Crippen LogP contribution in [0.2, 0.25) is 0 Å². The van der Waals surface area contributed by atoms with Gasteiger partial charge < -0.3 is 15.1 Å². The van der Waals surface area contributed by atoms with Crippen LogP contribution in [0.1, 0.15) is 18.5 Å². The average Bonchev–Trinajstić information content (AvgIpc) is 3.31. The molecule has 144 valence electrons. The number of benzene rings is 1. The number of aliphatic imine (C=N–C) groups is 1. The van der Waals surface area contributed by atoms with Crippen LogP contribution in [0.15, 0.2) is 52.2 Å². The Balaban J connectivity index is 1.47. The monoisotopic (exact) mass is 380 g/mol. The van der Waals surface area contributed by atoms with E-state index in [0.29, 0.717) is 11.9 Å². The van der Waals surface area contributed by atoms with Gasteiger partial charge in [0, 0.05) is 24.0 Å². The first kappa shape index (κ1) is 17.2. The van der Waals surface area contributed by atoms with Gasteiger partial charge in [-0.3, -0.25) is 14.7 Å². The molecule has 2 aliphatic heterocycles. The third-order valence-corrected chi connectivity index (χ3v) is 5.14. The lowest BCUT2D eigenvalue weighted by atomic mass is 10.1. The van der Waals surface area contributed by atoms with Gasteiger partial charge in [-0.25, -0.2) is 4.39 Å². The van der Waals surface area contributed by atoms with Crippen LogP contribution in [-0.4, -0.2) is 41.0 Å². The highest BCUT2D eigenvalue weighted by Crippen LogP contribution is 2.30. The molecule has 0 amide bonds. The molecule has 1 aromatic carbocycles. The van der Waals surface area contributed by atoms with E-state index in [1.807, 2.05) is 16.7 Å². The number of imidazole rings is 1. The minimum Gasteiger partial charge on any atom is -0.432 e. The normalized spacial score (nSPS) is 20.3. The molecule has 2 aliphatic rings. The molecule has 0 radical (unpaired) electrons. The van der Waals surface area contributed by atoms with Crippen LogP contribution in [0.5, 0.6) is 0 Å². The Hall–Kier alpha value is -2.97. The molecule has 0 bridgehead atoms. The fraction of sp³-hybridized carbons (Fsp3) is 0.300. The summed E-state index contributed by atoms with van der Waals surface area (Å²) in [6.45, 7) is 2.04. The Kier molecular flexibility index (Phi) is 4.42. The van der Waals surface area contributed by atoms with Gasteiger partial charge in [-0.15, -0.1) is 0 Å². The third kappa shape index (κ3) is 3.21.